The molecule has 130 valence electrons. The summed E-state index contributed by atoms with van der Waals surface area (Å²) in [5.74, 6) is 1.41. The minimum atomic E-state index is 0. The van der Waals surface area contributed by atoms with Crippen LogP contribution in [-0.4, -0.2) is 25.5 Å². The number of halogens is 1. The SMILES string of the molecule is CCCC(=O)Nc1cccc(CNC(=NC)NCC(C)C)c1.I. The number of rotatable bonds is 7. The molecule has 0 spiro atoms. The highest BCUT2D eigenvalue weighted by Crippen LogP contribution is 2.11. The lowest BCUT2D eigenvalue weighted by Crippen LogP contribution is -2.38. The molecule has 6 heteroatoms. The molecule has 1 aromatic rings. The Labute approximate surface area is 156 Å². The summed E-state index contributed by atoms with van der Waals surface area (Å²) in [4.78, 5) is 15.8. The highest BCUT2D eigenvalue weighted by atomic mass is 127. The fourth-order valence-electron chi connectivity index (χ4n) is 1.92. The number of anilines is 1. The van der Waals surface area contributed by atoms with E-state index in [1.165, 1.54) is 0 Å². The lowest BCUT2D eigenvalue weighted by atomic mass is 10.2. The summed E-state index contributed by atoms with van der Waals surface area (Å²) in [6, 6.07) is 7.86. The second kappa shape index (κ2) is 12.2. The Morgan fingerprint density at radius 1 is 1.26 bits per heavy atom. The van der Waals surface area contributed by atoms with Gasteiger partial charge in [0.2, 0.25) is 5.91 Å². The molecule has 0 saturated heterocycles. The molecule has 0 radical (unpaired) electrons. The Hall–Kier alpha value is -1.31. The number of carbonyl (C=O) groups excluding carboxylic acids is 1. The van der Waals surface area contributed by atoms with Gasteiger partial charge < -0.3 is 16.0 Å². The van der Waals surface area contributed by atoms with Crippen molar-refractivity contribution >= 4 is 41.5 Å². The Morgan fingerprint density at radius 2 is 2.00 bits per heavy atom. The van der Waals surface area contributed by atoms with Crippen molar-refractivity contribution in [2.24, 2.45) is 10.9 Å². The summed E-state index contributed by atoms with van der Waals surface area (Å²) < 4.78 is 0. The van der Waals surface area contributed by atoms with Crippen molar-refractivity contribution in [3.05, 3.63) is 29.8 Å². The topological polar surface area (TPSA) is 65.5 Å². The molecular weight excluding hydrogens is 403 g/mol. The first-order valence-electron chi connectivity index (χ1n) is 7.88. The second-order valence-corrected chi connectivity index (χ2v) is 5.70. The van der Waals surface area contributed by atoms with Crippen LogP contribution < -0.4 is 16.0 Å². The van der Waals surface area contributed by atoms with Crippen LogP contribution in [0, 0.1) is 5.92 Å². The second-order valence-electron chi connectivity index (χ2n) is 5.70. The molecule has 3 N–H and O–H groups in total. The molecule has 0 aromatic heterocycles. The average molecular weight is 432 g/mol. The number of hydrogen-bond donors (Lipinski definition) is 3. The fourth-order valence-corrected chi connectivity index (χ4v) is 1.92. The number of nitrogens with zero attached hydrogens (tertiary/aromatic N) is 1. The minimum Gasteiger partial charge on any atom is -0.356 e. The van der Waals surface area contributed by atoms with E-state index in [0.717, 1.165) is 30.2 Å². The monoisotopic (exact) mass is 432 g/mol. The normalized spacial score (nSPS) is 10.9. The van der Waals surface area contributed by atoms with E-state index < -0.39 is 0 Å². The van der Waals surface area contributed by atoms with Gasteiger partial charge in [-0.3, -0.25) is 9.79 Å². The van der Waals surface area contributed by atoms with Crippen LogP contribution in [0.25, 0.3) is 0 Å². The van der Waals surface area contributed by atoms with E-state index in [0.29, 0.717) is 18.9 Å². The van der Waals surface area contributed by atoms with Crippen molar-refractivity contribution < 1.29 is 4.79 Å². The highest BCUT2D eigenvalue weighted by molar-refractivity contribution is 14.0. The van der Waals surface area contributed by atoms with Gasteiger partial charge in [-0.2, -0.15) is 0 Å². The molecule has 23 heavy (non-hydrogen) atoms. The third kappa shape index (κ3) is 9.43. The summed E-state index contributed by atoms with van der Waals surface area (Å²) in [5.41, 5.74) is 1.93. The number of guanidine groups is 1. The molecule has 0 aliphatic heterocycles. The van der Waals surface area contributed by atoms with Crippen LogP contribution in [0.2, 0.25) is 0 Å². The van der Waals surface area contributed by atoms with Crippen molar-refractivity contribution in [1.82, 2.24) is 10.6 Å². The van der Waals surface area contributed by atoms with Gasteiger partial charge in [0.05, 0.1) is 0 Å². The summed E-state index contributed by atoms with van der Waals surface area (Å²) in [6.45, 7) is 7.85. The van der Waals surface area contributed by atoms with Gasteiger partial charge in [-0.05, 0) is 30.0 Å². The predicted molar refractivity (Wildman–Crippen MR) is 108 cm³/mol. The summed E-state index contributed by atoms with van der Waals surface area (Å²) >= 11 is 0. The molecule has 0 aliphatic rings. The number of nitrogens with one attached hydrogen (secondary N) is 3. The predicted octanol–water partition coefficient (Wildman–Crippen LogP) is 3.36. The van der Waals surface area contributed by atoms with E-state index in [1.54, 1.807) is 7.05 Å². The average Bonchev–Trinajstić information content (AvgIpc) is 2.47. The van der Waals surface area contributed by atoms with Gasteiger partial charge in [0.15, 0.2) is 5.96 Å². The molecule has 0 heterocycles. The lowest BCUT2D eigenvalue weighted by Gasteiger charge is -2.14. The molecule has 0 bridgehead atoms. The Morgan fingerprint density at radius 3 is 2.61 bits per heavy atom. The van der Waals surface area contributed by atoms with Gasteiger partial charge in [0.25, 0.3) is 0 Å². The van der Waals surface area contributed by atoms with Crippen molar-refractivity contribution in [2.75, 3.05) is 18.9 Å². The first-order chi connectivity index (χ1) is 10.5. The number of aliphatic imine (C=N–C) groups is 1. The van der Waals surface area contributed by atoms with Crippen molar-refractivity contribution in [3.63, 3.8) is 0 Å². The van der Waals surface area contributed by atoms with Crippen molar-refractivity contribution in [3.8, 4) is 0 Å². The zero-order valence-corrected chi connectivity index (χ0v) is 16.8. The van der Waals surface area contributed by atoms with Gasteiger partial charge in [-0.25, -0.2) is 0 Å². The summed E-state index contributed by atoms with van der Waals surface area (Å²) in [6.07, 6.45) is 1.40. The summed E-state index contributed by atoms with van der Waals surface area (Å²) in [5, 5.41) is 9.46. The zero-order valence-electron chi connectivity index (χ0n) is 14.5. The maximum absolute atomic E-state index is 11.6. The number of benzene rings is 1. The molecule has 1 rings (SSSR count). The van der Waals surface area contributed by atoms with E-state index in [-0.39, 0.29) is 29.9 Å². The van der Waals surface area contributed by atoms with Crippen LogP contribution in [0.3, 0.4) is 0 Å². The minimum absolute atomic E-state index is 0. The maximum Gasteiger partial charge on any atom is 0.224 e. The summed E-state index contributed by atoms with van der Waals surface area (Å²) in [7, 11) is 1.76. The van der Waals surface area contributed by atoms with E-state index >= 15 is 0 Å². The number of carbonyl (C=O) groups is 1. The van der Waals surface area contributed by atoms with E-state index in [1.807, 2.05) is 31.2 Å². The van der Waals surface area contributed by atoms with Crippen LogP contribution in [0.15, 0.2) is 29.3 Å². The zero-order chi connectivity index (χ0) is 16.4. The Kier molecular flexibility index (Phi) is 11.5. The molecule has 0 fully saturated rings. The van der Waals surface area contributed by atoms with Crippen LogP contribution >= 0.6 is 24.0 Å². The largest absolute Gasteiger partial charge is 0.356 e. The first-order valence-corrected chi connectivity index (χ1v) is 7.88. The highest BCUT2D eigenvalue weighted by Gasteiger charge is 2.03. The maximum atomic E-state index is 11.6. The fraction of sp³-hybridized carbons (Fsp3) is 0.529. The standard InChI is InChI=1S/C17H28N4O.HI/c1-5-7-16(22)21-15-9-6-8-14(10-15)12-20-17(18-4)19-11-13(2)3;/h6,8-10,13H,5,7,11-12H2,1-4H3,(H,21,22)(H2,18,19,20);1H. The third-order valence-corrected chi connectivity index (χ3v) is 3.05. The van der Waals surface area contributed by atoms with Gasteiger partial charge >= 0.3 is 0 Å². The van der Waals surface area contributed by atoms with Gasteiger partial charge in [-0.15, -0.1) is 24.0 Å². The first kappa shape index (κ1) is 21.7. The molecular formula is C17H29IN4O. The number of hydrogen-bond acceptors (Lipinski definition) is 2. The van der Waals surface area contributed by atoms with E-state index in [9.17, 15) is 4.79 Å². The lowest BCUT2D eigenvalue weighted by molar-refractivity contribution is -0.116. The smallest absolute Gasteiger partial charge is 0.224 e. The molecule has 5 nitrogen and oxygen atoms in total. The van der Waals surface area contributed by atoms with Crippen LogP contribution in [0.4, 0.5) is 5.69 Å². The van der Waals surface area contributed by atoms with Crippen molar-refractivity contribution in [2.45, 2.75) is 40.2 Å². The third-order valence-electron chi connectivity index (χ3n) is 3.05. The van der Waals surface area contributed by atoms with Crippen LogP contribution in [0.5, 0.6) is 0 Å². The Balaban J connectivity index is 0.00000484. The molecule has 0 atom stereocenters. The molecule has 0 aliphatic carbocycles. The molecule has 1 aromatic carbocycles. The molecule has 0 unspecified atom stereocenters. The Bertz CT molecular complexity index is 503. The van der Waals surface area contributed by atoms with E-state index in [2.05, 4.69) is 34.8 Å². The quantitative estimate of drug-likeness (QED) is 0.352. The molecule has 0 saturated carbocycles. The molecule has 1 amide bonds. The van der Waals surface area contributed by atoms with Gasteiger partial charge in [0.1, 0.15) is 0 Å². The van der Waals surface area contributed by atoms with Crippen molar-refractivity contribution in [1.29, 1.82) is 0 Å². The van der Waals surface area contributed by atoms with Crippen LogP contribution in [0.1, 0.15) is 39.2 Å². The van der Waals surface area contributed by atoms with Gasteiger partial charge in [-0.1, -0.05) is 32.9 Å². The van der Waals surface area contributed by atoms with Crippen LogP contribution in [-0.2, 0) is 11.3 Å². The van der Waals surface area contributed by atoms with Gasteiger partial charge in [0, 0.05) is 32.2 Å². The number of amides is 1. The van der Waals surface area contributed by atoms with E-state index in [4.69, 9.17) is 0 Å².